The van der Waals surface area contributed by atoms with Crippen LogP contribution in [-0.4, -0.2) is 35.6 Å². The number of hydrogen-bond donors (Lipinski definition) is 0. The Kier molecular flexibility index (Phi) is 6.20. The predicted molar refractivity (Wildman–Crippen MR) is 97.0 cm³/mol. The van der Waals surface area contributed by atoms with Crippen molar-refractivity contribution in [3.05, 3.63) is 50.1 Å². The lowest BCUT2D eigenvalue weighted by atomic mass is 10.1. The number of aryl methyl sites for hydroxylation is 3. The lowest BCUT2D eigenvalue weighted by Gasteiger charge is -2.18. The van der Waals surface area contributed by atoms with Crippen molar-refractivity contribution in [1.29, 1.82) is 0 Å². The first-order valence-electron chi connectivity index (χ1n) is 7.97. The first kappa shape index (κ1) is 18.3. The molecule has 0 atom stereocenters. The quantitative estimate of drug-likeness (QED) is 0.773. The molecule has 1 aromatic carbocycles. The Morgan fingerprint density at radius 1 is 1.21 bits per heavy atom. The molecule has 0 aliphatic carbocycles. The number of rotatable bonds is 7. The fraction of sp³-hybridized carbons (Fsp3) is 0.444. The highest BCUT2D eigenvalue weighted by atomic mass is 32.1. The molecule has 1 aromatic heterocycles. The average Bonchev–Trinajstić information content (AvgIpc) is 2.82. The maximum Gasteiger partial charge on any atom is 0.307 e. The van der Waals surface area contributed by atoms with Crippen molar-refractivity contribution in [3.63, 3.8) is 0 Å². The maximum absolute atomic E-state index is 12.2. The van der Waals surface area contributed by atoms with Gasteiger partial charge in [0.25, 0.3) is 0 Å². The molecule has 0 spiro atoms. The number of amides is 1. The molecule has 24 heavy (non-hydrogen) atoms. The fourth-order valence-corrected chi connectivity index (χ4v) is 3.28. The third-order valence-corrected chi connectivity index (χ3v) is 4.72. The Labute approximate surface area is 146 Å². The molecule has 1 amide bonds. The van der Waals surface area contributed by atoms with Crippen LogP contribution in [0.2, 0.25) is 0 Å². The van der Waals surface area contributed by atoms with Gasteiger partial charge < -0.3 is 14.2 Å². The first-order chi connectivity index (χ1) is 11.4. The van der Waals surface area contributed by atoms with Gasteiger partial charge in [0, 0.05) is 31.1 Å². The Morgan fingerprint density at radius 3 is 2.46 bits per heavy atom. The minimum atomic E-state index is -0.0129. The highest BCUT2D eigenvalue weighted by molar-refractivity contribution is 7.07. The summed E-state index contributed by atoms with van der Waals surface area (Å²) in [7, 11) is 1.76. The molecule has 2 rings (SSSR count). The lowest BCUT2D eigenvalue weighted by Crippen LogP contribution is -2.32. The van der Waals surface area contributed by atoms with Crippen LogP contribution < -0.4 is 9.61 Å². The molecule has 0 bridgehead atoms. The third kappa shape index (κ3) is 4.96. The predicted octanol–water partition coefficient (Wildman–Crippen LogP) is 2.76. The number of aromatic nitrogens is 1. The lowest BCUT2D eigenvalue weighted by molar-refractivity contribution is -0.130. The van der Waals surface area contributed by atoms with Gasteiger partial charge in [-0.1, -0.05) is 17.4 Å². The summed E-state index contributed by atoms with van der Waals surface area (Å²) in [5.74, 6) is 0.838. The van der Waals surface area contributed by atoms with E-state index < -0.39 is 0 Å². The number of nitrogens with zero attached hydrogens (tertiary/aromatic N) is 2. The molecule has 1 heterocycles. The zero-order valence-electron chi connectivity index (χ0n) is 14.7. The van der Waals surface area contributed by atoms with Gasteiger partial charge in [0.1, 0.15) is 12.4 Å². The minimum absolute atomic E-state index is 0.0107. The summed E-state index contributed by atoms with van der Waals surface area (Å²) in [6.45, 7) is 7.33. The van der Waals surface area contributed by atoms with E-state index >= 15 is 0 Å². The molecule has 2 aromatic rings. The Bertz CT molecular complexity index is 744. The van der Waals surface area contributed by atoms with E-state index in [4.69, 9.17) is 4.74 Å². The van der Waals surface area contributed by atoms with Crippen LogP contribution in [0.5, 0.6) is 5.75 Å². The van der Waals surface area contributed by atoms with Crippen LogP contribution in [0.15, 0.2) is 28.4 Å². The number of carbonyl (C=O) groups is 1. The first-order valence-corrected chi connectivity index (χ1v) is 8.85. The van der Waals surface area contributed by atoms with Crippen molar-refractivity contribution in [2.45, 2.75) is 33.7 Å². The molecule has 0 unspecified atom stereocenters. The van der Waals surface area contributed by atoms with Crippen LogP contribution in [-0.2, 0) is 11.3 Å². The molecular weight excluding hydrogens is 324 g/mol. The molecule has 0 saturated heterocycles. The van der Waals surface area contributed by atoms with E-state index in [1.807, 2.05) is 38.3 Å². The van der Waals surface area contributed by atoms with Crippen molar-refractivity contribution in [3.8, 4) is 5.75 Å². The van der Waals surface area contributed by atoms with Gasteiger partial charge in [-0.15, -0.1) is 0 Å². The number of carbonyl (C=O) groups excluding carboxylic acids is 1. The largest absolute Gasteiger partial charge is 0.492 e. The van der Waals surface area contributed by atoms with Gasteiger partial charge in [0.05, 0.1) is 6.54 Å². The highest BCUT2D eigenvalue weighted by Crippen LogP contribution is 2.16. The van der Waals surface area contributed by atoms with Crippen LogP contribution >= 0.6 is 11.3 Å². The SMILES string of the molecule is Cc1cc(C)cc(OCCN(C)C(=O)CCn2c(C)csc2=O)c1. The standard InChI is InChI=1S/C18H24N2O3S/c1-13-9-14(2)11-16(10-13)23-8-7-19(4)17(21)5-6-20-15(3)12-24-18(20)22/h9-12H,5-8H2,1-4H3. The molecule has 6 heteroatoms. The topological polar surface area (TPSA) is 51.5 Å². The molecule has 0 fully saturated rings. The van der Waals surface area contributed by atoms with E-state index in [2.05, 4.69) is 6.07 Å². The van der Waals surface area contributed by atoms with Crippen LogP contribution in [0.1, 0.15) is 23.2 Å². The normalized spacial score (nSPS) is 10.7. The van der Waals surface area contributed by atoms with E-state index in [1.165, 1.54) is 11.3 Å². The summed E-state index contributed by atoms with van der Waals surface area (Å²) >= 11 is 1.17. The third-order valence-electron chi connectivity index (χ3n) is 3.84. The highest BCUT2D eigenvalue weighted by Gasteiger charge is 2.11. The van der Waals surface area contributed by atoms with Crippen LogP contribution in [0.3, 0.4) is 0 Å². The van der Waals surface area contributed by atoms with Crippen LogP contribution in [0, 0.1) is 20.8 Å². The summed E-state index contributed by atoms with van der Waals surface area (Å²) in [4.78, 5) is 25.4. The van der Waals surface area contributed by atoms with Gasteiger partial charge in [-0.05, 0) is 44.0 Å². The van der Waals surface area contributed by atoms with E-state index in [0.717, 1.165) is 22.6 Å². The molecular formula is C18H24N2O3S. The monoisotopic (exact) mass is 348 g/mol. The molecule has 0 radical (unpaired) electrons. The van der Waals surface area contributed by atoms with Crippen molar-refractivity contribution in [2.24, 2.45) is 0 Å². The second kappa shape index (κ2) is 8.15. The fourth-order valence-electron chi connectivity index (χ4n) is 2.51. The number of hydrogen-bond acceptors (Lipinski definition) is 4. The molecule has 5 nitrogen and oxygen atoms in total. The summed E-state index contributed by atoms with van der Waals surface area (Å²) in [5, 5.41) is 1.81. The van der Waals surface area contributed by atoms with Crippen molar-refractivity contribution in [2.75, 3.05) is 20.2 Å². The number of likely N-dealkylation sites (N-methyl/N-ethyl adjacent to an activating group) is 1. The van der Waals surface area contributed by atoms with Gasteiger partial charge in [-0.3, -0.25) is 9.59 Å². The number of thiazole rings is 1. The molecule has 0 aliphatic heterocycles. The molecule has 0 saturated carbocycles. The minimum Gasteiger partial charge on any atom is -0.492 e. The molecule has 130 valence electrons. The van der Waals surface area contributed by atoms with E-state index in [9.17, 15) is 9.59 Å². The van der Waals surface area contributed by atoms with Gasteiger partial charge >= 0.3 is 4.87 Å². The van der Waals surface area contributed by atoms with Crippen LogP contribution in [0.25, 0.3) is 0 Å². The van der Waals surface area contributed by atoms with Gasteiger partial charge in [-0.25, -0.2) is 0 Å². The summed E-state index contributed by atoms with van der Waals surface area (Å²) in [6.07, 6.45) is 0.317. The van der Waals surface area contributed by atoms with Crippen LogP contribution in [0.4, 0.5) is 0 Å². The van der Waals surface area contributed by atoms with Gasteiger partial charge in [-0.2, -0.15) is 0 Å². The summed E-state index contributed by atoms with van der Waals surface area (Å²) in [5.41, 5.74) is 3.22. The Hall–Kier alpha value is -2.08. The maximum atomic E-state index is 12.2. The van der Waals surface area contributed by atoms with Crippen molar-refractivity contribution in [1.82, 2.24) is 9.47 Å². The molecule has 0 N–H and O–H groups in total. The molecule has 0 aliphatic rings. The Balaban J connectivity index is 1.78. The number of benzene rings is 1. The summed E-state index contributed by atoms with van der Waals surface area (Å²) < 4.78 is 7.37. The van der Waals surface area contributed by atoms with Gasteiger partial charge in [0.2, 0.25) is 5.91 Å². The average molecular weight is 348 g/mol. The van der Waals surface area contributed by atoms with Crippen molar-refractivity contribution >= 4 is 17.2 Å². The zero-order valence-corrected chi connectivity index (χ0v) is 15.5. The smallest absolute Gasteiger partial charge is 0.307 e. The van der Waals surface area contributed by atoms with E-state index in [0.29, 0.717) is 26.1 Å². The second-order valence-electron chi connectivity index (χ2n) is 6.03. The van der Waals surface area contributed by atoms with E-state index in [-0.39, 0.29) is 10.8 Å². The van der Waals surface area contributed by atoms with Gasteiger partial charge in [0.15, 0.2) is 0 Å². The van der Waals surface area contributed by atoms with Crippen molar-refractivity contribution < 1.29 is 9.53 Å². The Morgan fingerprint density at radius 2 is 1.88 bits per heavy atom. The van der Waals surface area contributed by atoms with E-state index in [1.54, 1.807) is 16.5 Å². The number of ether oxygens (including phenoxy) is 1. The summed E-state index contributed by atoms with van der Waals surface area (Å²) in [6, 6.07) is 6.07. The second-order valence-corrected chi connectivity index (χ2v) is 6.85. The zero-order chi connectivity index (χ0) is 17.7.